The van der Waals surface area contributed by atoms with E-state index in [0.29, 0.717) is 0 Å². The molecule has 1 aliphatic heterocycles. The molecule has 4 N–H and O–H groups in total. The van der Waals surface area contributed by atoms with Crippen molar-refractivity contribution < 1.29 is 1.43 Å². The van der Waals surface area contributed by atoms with Crippen LogP contribution in [0.3, 0.4) is 0 Å². The molecular formula is C15H33IN4. The number of rotatable bonds is 5. The van der Waals surface area contributed by atoms with Crippen LogP contribution in [0.2, 0.25) is 0 Å². The van der Waals surface area contributed by atoms with Gasteiger partial charge in [-0.2, -0.15) is 11.1 Å². The van der Waals surface area contributed by atoms with Gasteiger partial charge in [0.25, 0.3) is 0 Å². The topological polar surface area (TPSA) is 48.1 Å². The number of hydrogen-bond donors (Lipinski definition) is 4. The minimum absolute atomic E-state index is 0. The van der Waals surface area contributed by atoms with Gasteiger partial charge in [-0.25, -0.2) is 10.9 Å². The molecule has 1 fully saturated rings. The van der Waals surface area contributed by atoms with Gasteiger partial charge in [-0.3, -0.25) is 0 Å². The maximum atomic E-state index is 3.11. The molecular weight excluding hydrogens is 363 g/mol. The summed E-state index contributed by atoms with van der Waals surface area (Å²) in [6, 6.07) is 0. The first kappa shape index (κ1) is 20.1. The Morgan fingerprint density at radius 1 is 1.30 bits per heavy atom. The number of halogens is 1. The van der Waals surface area contributed by atoms with Crippen LogP contribution in [0, 0.1) is 11.8 Å². The van der Waals surface area contributed by atoms with E-state index >= 15 is 0 Å². The summed E-state index contributed by atoms with van der Waals surface area (Å²) in [5.41, 5.74) is 13.2. The molecule has 2 atom stereocenters. The second-order valence-corrected chi connectivity index (χ2v) is 5.16. The molecule has 1 heterocycles. The van der Waals surface area contributed by atoms with Crippen LogP contribution in [0.15, 0.2) is 23.8 Å². The normalized spacial score (nSPS) is 23.4. The standard InChI is InChI=1S/C13H24N4.C2H6.HI.H2/c1-3-4-10(2)9-11-5-7-12(8-6-11)13-14-16-17-15-13;1-2;;/h5,7-8,10-11,13-17H,3-4,6,9H2,1-2H3;1-2H3;2*1H. The second-order valence-electron chi connectivity index (χ2n) is 5.16. The fraction of sp³-hybridized carbons (Fsp3) is 0.733. The Morgan fingerprint density at radius 2 is 1.95 bits per heavy atom. The lowest BCUT2D eigenvalue weighted by atomic mass is 9.86. The van der Waals surface area contributed by atoms with E-state index in [2.05, 4.69) is 54.0 Å². The Labute approximate surface area is 142 Å². The fourth-order valence-corrected chi connectivity index (χ4v) is 2.62. The zero-order valence-corrected chi connectivity index (χ0v) is 15.5. The quantitative estimate of drug-likeness (QED) is 0.536. The summed E-state index contributed by atoms with van der Waals surface area (Å²) >= 11 is 0. The van der Waals surface area contributed by atoms with Gasteiger partial charge in [0.2, 0.25) is 0 Å². The first-order valence-corrected chi connectivity index (χ1v) is 7.69. The molecule has 0 radical (unpaired) electrons. The van der Waals surface area contributed by atoms with Crippen molar-refractivity contribution >= 4 is 24.0 Å². The highest BCUT2D eigenvalue weighted by Crippen LogP contribution is 2.25. The van der Waals surface area contributed by atoms with Crippen LogP contribution in [0.1, 0.15) is 54.8 Å². The fourth-order valence-electron chi connectivity index (χ4n) is 2.62. The smallest absolute Gasteiger partial charge is 0.111 e. The van der Waals surface area contributed by atoms with Crippen LogP contribution < -0.4 is 21.9 Å². The van der Waals surface area contributed by atoms with E-state index in [1.165, 1.54) is 31.3 Å². The van der Waals surface area contributed by atoms with Crippen molar-refractivity contribution in [2.75, 3.05) is 0 Å². The van der Waals surface area contributed by atoms with Crippen molar-refractivity contribution in [3.05, 3.63) is 23.8 Å². The van der Waals surface area contributed by atoms with Gasteiger partial charge in [-0.05, 0) is 30.3 Å². The van der Waals surface area contributed by atoms with Gasteiger partial charge in [0.15, 0.2) is 0 Å². The number of hydrogen-bond acceptors (Lipinski definition) is 4. The van der Waals surface area contributed by atoms with Gasteiger partial charge in [-0.1, -0.05) is 58.8 Å². The molecule has 0 spiro atoms. The summed E-state index contributed by atoms with van der Waals surface area (Å²) in [6.45, 7) is 8.63. The van der Waals surface area contributed by atoms with E-state index in [9.17, 15) is 0 Å². The number of allylic oxidation sites excluding steroid dienone is 2. The summed E-state index contributed by atoms with van der Waals surface area (Å²) in [6.07, 6.45) is 12.3. The van der Waals surface area contributed by atoms with Gasteiger partial charge in [0.05, 0.1) is 0 Å². The van der Waals surface area contributed by atoms with E-state index in [-0.39, 0.29) is 31.6 Å². The van der Waals surface area contributed by atoms with Crippen LogP contribution in [0.25, 0.3) is 0 Å². The molecule has 120 valence electrons. The minimum Gasteiger partial charge on any atom is -0.221 e. The van der Waals surface area contributed by atoms with Crippen molar-refractivity contribution in [3.63, 3.8) is 0 Å². The lowest BCUT2D eigenvalue weighted by molar-refractivity contribution is 0.415. The lowest BCUT2D eigenvalue weighted by Gasteiger charge is -2.21. The zero-order chi connectivity index (χ0) is 14.1. The minimum atomic E-state index is 0. The van der Waals surface area contributed by atoms with Crippen molar-refractivity contribution in [1.29, 1.82) is 0 Å². The molecule has 4 nitrogen and oxygen atoms in total. The number of hydrazine groups is 3. The Hall–Kier alpha value is 0.0500. The molecule has 0 aromatic heterocycles. The largest absolute Gasteiger partial charge is 0.221 e. The Kier molecular flexibility index (Phi) is 11.7. The van der Waals surface area contributed by atoms with Crippen LogP contribution in [-0.4, -0.2) is 6.17 Å². The lowest BCUT2D eigenvalue weighted by Crippen LogP contribution is -2.35. The zero-order valence-electron chi connectivity index (χ0n) is 13.2. The second kappa shape index (κ2) is 11.7. The van der Waals surface area contributed by atoms with E-state index in [1.54, 1.807) is 0 Å². The third-order valence-corrected chi connectivity index (χ3v) is 3.53. The average Bonchev–Trinajstić information content (AvgIpc) is 2.96. The first-order chi connectivity index (χ1) is 9.29. The van der Waals surface area contributed by atoms with Crippen LogP contribution in [0.5, 0.6) is 0 Å². The molecule has 0 aromatic carbocycles. The first-order valence-electron chi connectivity index (χ1n) is 7.69. The van der Waals surface area contributed by atoms with E-state index < -0.39 is 0 Å². The number of nitrogens with one attached hydrogen (secondary N) is 4. The molecule has 20 heavy (non-hydrogen) atoms. The maximum absolute atomic E-state index is 3.11. The Morgan fingerprint density at radius 3 is 2.45 bits per heavy atom. The van der Waals surface area contributed by atoms with Crippen molar-refractivity contribution in [1.82, 2.24) is 21.9 Å². The van der Waals surface area contributed by atoms with Gasteiger partial charge in [0.1, 0.15) is 6.17 Å². The van der Waals surface area contributed by atoms with Crippen LogP contribution >= 0.6 is 24.0 Å². The van der Waals surface area contributed by atoms with Crippen LogP contribution in [-0.2, 0) is 0 Å². The molecule has 2 aliphatic rings. The molecule has 0 amide bonds. The van der Waals surface area contributed by atoms with Gasteiger partial charge >= 0.3 is 0 Å². The molecule has 0 bridgehead atoms. The SMILES string of the molecule is CC.CCCC(C)CC1C=CC(C2NNNN2)=CC1.I.[HH]. The summed E-state index contributed by atoms with van der Waals surface area (Å²) in [5, 5.41) is 0. The summed E-state index contributed by atoms with van der Waals surface area (Å²) in [4.78, 5) is 0. The molecule has 0 aromatic rings. The Bertz CT molecular complexity index is 304. The van der Waals surface area contributed by atoms with E-state index in [4.69, 9.17) is 0 Å². The Balaban J connectivity index is 0. The summed E-state index contributed by atoms with van der Waals surface area (Å²) in [5.74, 6) is 1.57. The molecule has 1 saturated heterocycles. The summed E-state index contributed by atoms with van der Waals surface area (Å²) in [7, 11) is 0. The van der Waals surface area contributed by atoms with Gasteiger partial charge in [-0.15, -0.1) is 24.0 Å². The van der Waals surface area contributed by atoms with Gasteiger partial charge < -0.3 is 0 Å². The van der Waals surface area contributed by atoms with E-state index in [1.807, 2.05) is 13.8 Å². The monoisotopic (exact) mass is 396 g/mol. The van der Waals surface area contributed by atoms with Crippen molar-refractivity contribution in [2.24, 2.45) is 11.8 Å². The molecule has 2 unspecified atom stereocenters. The highest BCUT2D eigenvalue weighted by atomic mass is 127. The van der Waals surface area contributed by atoms with E-state index in [0.717, 1.165) is 11.8 Å². The average molecular weight is 396 g/mol. The molecule has 2 rings (SSSR count). The molecule has 5 heteroatoms. The summed E-state index contributed by atoms with van der Waals surface area (Å²) < 4.78 is 0. The molecule has 0 saturated carbocycles. The highest BCUT2D eigenvalue weighted by molar-refractivity contribution is 14.0. The third kappa shape index (κ3) is 6.67. The third-order valence-electron chi connectivity index (χ3n) is 3.53. The van der Waals surface area contributed by atoms with Crippen molar-refractivity contribution in [3.8, 4) is 0 Å². The highest BCUT2D eigenvalue weighted by Gasteiger charge is 2.19. The van der Waals surface area contributed by atoms with Crippen LogP contribution in [0.4, 0.5) is 0 Å². The maximum Gasteiger partial charge on any atom is 0.111 e. The van der Waals surface area contributed by atoms with Crippen molar-refractivity contribution in [2.45, 2.75) is 59.5 Å². The predicted octanol–water partition coefficient (Wildman–Crippen LogP) is 3.65. The van der Waals surface area contributed by atoms with Gasteiger partial charge in [0, 0.05) is 1.43 Å². The molecule has 1 aliphatic carbocycles. The predicted molar refractivity (Wildman–Crippen MR) is 99.2 cm³/mol.